The number of hydrazone groups is 1. The molecule has 170 valence electrons. The molecule has 0 saturated carbocycles. The summed E-state index contributed by atoms with van der Waals surface area (Å²) in [5.74, 6) is 0.0505. The van der Waals surface area contributed by atoms with Gasteiger partial charge in [-0.05, 0) is 54.4 Å². The van der Waals surface area contributed by atoms with E-state index < -0.39 is 10.0 Å². The zero-order valence-corrected chi connectivity index (χ0v) is 20.4. The van der Waals surface area contributed by atoms with Crippen LogP contribution in [-0.2, 0) is 10.0 Å². The highest BCUT2D eigenvalue weighted by Crippen LogP contribution is 2.30. The van der Waals surface area contributed by atoms with Gasteiger partial charge in [-0.1, -0.05) is 65.2 Å². The topological polar surface area (TPSA) is 74.1 Å². The molecule has 1 aliphatic heterocycles. The van der Waals surface area contributed by atoms with Crippen LogP contribution in [0.15, 0.2) is 87.8 Å². The van der Waals surface area contributed by atoms with Gasteiger partial charge >= 0.3 is 0 Å². The monoisotopic (exact) mass is 500 g/mol. The molecule has 0 amide bonds. The first kappa shape index (κ1) is 23.3. The van der Waals surface area contributed by atoms with Crippen LogP contribution < -0.4 is 4.72 Å². The van der Waals surface area contributed by atoms with Gasteiger partial charge in [0, 0.05) is 23.0 Å². The van der Waals surface area contributed by atoms with Crippen molar-refractivity contribution in [2.45, 2.75) is 17.7 Å². The number of hydrogen-bond donors (Lipinski definition) is 1. The summed E-state index contributed by atoms with van der Waals surface area (Å²) in [6.07, 6.45) is 0. The second-order valence-corrected chi connectivity index (χ2v) is 10.2. The van der Waals surface area contributed by atoms with Crippen molar-refractivity contribution in [2.24, 2.45) is 10.1 Å². The lowest BCUT2D eigenvalue weighted by atomic mass is 9.90. The molecule has 1 N–H and O–H groups in total. The number of sulfonamides is 1. The van der Waals surface area contributed by atoms with Gasteiger partial charge in [0.15, 0.2) is 0 Å². The lowest BCUT2D eigenvalue weighted by molar-refractivity contribution is 0.462. The molecule has 1 atom stereocenters. The standard InChI is InChI=1S/C24H22Cl2N4O2S/c1-16-3-5-17(6-4-16)22-15-30(28-23(22)18-7-9-19(25)10-8-18)24(27-2)29-33(31,32)21-13-11-20(26)12-14-21/h3-14,22H,15H2,1-2H3,(H,27,29)/t22-/m1/s1. The molecule has 3 aromatic rings. The highest BCUT2D eigenvalue weighted by atomic mass is 35.5. The van der Waals surface area contributed by atoms with Gasteiger partial charge in [-0.3, -0.25) is 4.99 Å². The molecule has 6 nitrogen and oxygen atoms in total. The number of benzene rings is 3. The zero-order valence-electron chi connectivity index (χ0n) is 18.0. The molecule has 3 aromatic carbocycles. The SMILES string of the molecule is CN=C(NS(=O)(=O)c1ccc(Cl)cc1)N1C[C@H](c2ccc(C)cc2)C(c2ccc(Cl)cc2)=N1. The predicted octanol–water partition coefficient (Wildman–Crippen LogP) is 5.07. The van der Waals surface area contributed by atoms with E-state index in [1.807, 2.05) is 31.2 Å². The Kier molecular flexibility index (Phi) is 6.74. The Bertz CT molecular complexity index is 1300. The van der Waals surface area contributed by atoms with Crippen molar-refractivity contribution in [3.63, 3.8) is 0 Å². The van der Waals surface area contributed by atoms with Crippen molar-refractivity contribution in [1.82, 2.24) is 9.73 Å². The third kappa shape index (κ3) is 5.21. The Hall–Kier alpha value is -2.87. The van der Waals surface area contributed by atoms with Crippen molar-refractivity contribution < 1.29 is 8.42 Å². The Labute approximate surface area is 203 Å². The van der Waals surface area contributed by atoms with Crippen LogP contribution in [0.1, 0.15) is 22.6 Å². The summed E-state index contributed by atoms with van der Waals surface area (Å²) in [6.45, 7) is 2.46. The molecule has 33 heavy (non-hydrogen) atoms. The minimum atomic E-state index is -3.87. The number of rotatable bonds is 4. The molecule has 0 spiro atoms. The number of aryl methyl sites for hydroxylation is 1. The summed E-state index contributed by atoms with van der Waals surface area (Å²) in [6, 6.07) is 21.6. The zero-order chi connectivity index (χ0) is 23.6. The lowest BCUT2D eigenvalue weighted by Gasteiger charge is -2.19. The second-order valence-electron chi connectivity index (χ2n) is 7.64. The Morgan fingerprint density at radius 3 is 2.12 bits per heavy atom. The number of hydrogen-bond acceptors (Lipinski definition) is 4. The molecule has 1 aliphatic rings. The van der Waals surface area contributed by atoms with Crippen LogP contribution in [0.5, 0.6) is 0 Å². The van der Waals surface area contributed by atoms with Gasteiger partial charge in [0.05, 0.1) is 17.2 Å². The molecule has 4 rings (SSSR count). The van der Waals surface area contributed by atoms with Crippen LogP contribution in [0.25, 0.3) is 0 Å². The van der Waals surface area contributed by atoms with E-state index >= 15 is 0 Å². The number of halogens is 2. The van der Waals surface area contributed by atoms with E-state index in [-0.39, 0.29) is 16.8 Å². The summed E-state index contributed by atoms with van der Waals surface area (Å²) in [5.41, 5.74) is 3.95. The Morgan fingerprint density at radius 2 is 1.55 bits per heavy atom. The summed E-state index contributed by atoms with van der Waals surface area (Å²) in [5, 5.41) is 7.43. The minimum Gasteiger partial charge on any atom is -0.254 e. The molecule has 0 bridgehead atoms. The molecule has 0 aliphatic carbocycles. The van der Waals surface area contributed by atoms with E-state index in [0.717, 1.165) is 22.4 Å². The number of guanidine groups is 1. The summed E-state index contributed by atoms with van der Waals surface area (Å²) >= 11 is 12.0. The smallest absolute Gasteiger partial charge is 0.254 e. The highest BCUT2D eigenvalue weighted by Gasteiger charge is 2.32. The molecular formula is C24H22Cl2N4O2S. The first-order valence-electron chi connectivity index (χ1n) is 10.2. The number of nitrogens with zero attached hydrogens (tertiary/aromatic N) is 3. The van der Waals surface area contributed by atoms with E-state index in [9.17, 15) is 8.42 Å². The van der Waals surface area contributed by atoms with Crippen LogP contribution >= 0.6 is 23.2 Å². The predicted molar refractivity (Wildman–Crippen MR) is 134 cm³/mol. The first-order chi connectivity index (χ1) is 15.8. The molecule has 0 saturated heterocycles. The van der Waals surface area contributed by atoms with Crippen molar-refractivity contribution in [2.75, 3.05) is 13.6 Å². The van der Waals surface area contributed by atoms with E-state index in [1.165, 1.54) is 31.3 Å². The number of aliphatic imine (C=N–C) groups is 1. The van der Waals surface area contributed by atoms with Gasteiger partial charge in [0.25, 0.3) is 10.0 Å². The molecule has 9 heteroatoms. The molecular weight excluding hydrogens is 479 g/mol. The third-order valence-corrected chi connectivity index (χ3v) is 7.19. The van der Waals surface area contributed by atoms with Gasteiger partial charge in [-0.2, -0.15) is 5.10 Å². The average molecular weight is 501 g/mol. The van der Waals surface area contributed by atoms with Crippen LogP contribution in [0, 0.1) is 6.92 Å². The molecule has 0 unspecified atom stereocenters. The maximum absolute atomic E-state index is 12.9. The molecule has 0 aromatic heterocycles. The molecule has 0 fully saturated rings. The maximum atomic E-state index is 12.9. The highest BCUT2D eigenvalue weighted by molar-refractivity contribution is 7.90. The van der Waals surface area contributed by atoms with Crippen molar-refractivity contribution in [1.29, 1.82) is 0 Å². The van der Waals surface area contributed by atoms with Crippen LogP contribution in [0.3, 0.4) is 0 Å². The summed E-state index contributed by atoms with van der Waals surface area (Å²) in [7, 11) is -2.34. The van der Waals surface area contributed by atoms with Crippen LogP contribution in [-0.4, -0.2) is 38.7 Å². The maximum Gasteiger partial charge on any atom is 0.264 e. The fourth-order valence-corrected chi connectivity index (χ4v) is 4.88. The Balaban J connectivity index is 1.67. The van der Waals surface area contributed by atoms with E-state index in [0.29, 0.717) is 16.6 Å². The van der Waals surface area contributed by atoms with Crippen LogP contribution in [0.2, 0.25) is 10.0 Å². The van der Waals surface area contributed by atoms with Gasteiger partial charge < -0.3 is 0 Å². The van der Waals surface area contributed by atoms with E-state index in [4.69, 9.17) is 28.3 Å². The third-order valence-electron chi connectivity index (χ3n) is 5.34. The largest absolute Gasteiger partial charge is 0.264 e. The number of nitrogens with one attached hydrogen (secondary N) is 1. The summed E-state index contributed by atoms with van der Waals surface area (Å²) < 4.78 is 28.4. The van der Waals surface area contributed by atoms with Crippen molar-refractivity contribution in [3.8, 4) is 0 Å². The van der Waals surface area contributed by atoms with E-state index in [1.54, 1.807) is 5.01 Å². The summed E-state index contributed by atoms with van der Waals surface area (Å²) in [4.78, 5) is 4.27. The van der Waals surface area contributed by atoms with Gasteiger partial charge in [0.1, 0.15) is 0 Å². The minimum absolute atomic E-state index is 0.0800. The van der Waals surface area contributed by atoms with Crippen molar-refractivity contribution >= 4 is 44.9 Å². The average Bonchev–Trinajstić information content (AvgIpc) is 3.24. The second kappa shape index (κ2) is 9.55. The Morgan fingerprint density at radius 1 is 0.970 bits per heavy atom. The van der Waals surface area contributed by atoms with Gasteiger partial charge in [-0.15, -0.1) is 0 Å². The van der Waals surface area contributed by atoms with E-state index in [2.05, 4.69) is 34.0 Å². The van der Waals surface area contributed by atoms with Gasteiger partial charge in [0.2, 0.25) is 5.96 Å². The molecule has 1 heterocycles. The van der Waals surface area contributed by atoms with Crippen molar-refractivity contribution in [3.05, 3.63) is 99.5 Å². The quantitative estimate of drug-likeness (QED) is 0.401. The molecule has 0 radical (unpaired) electrons. The van der Waals surface area contributed by atoms with Gasteiger partial charge in [-0.25, -0.2) is 18.1 Å². The van der Waals surface area contributed by atoms with Crippen LogP contribution in [0.4, 0.5) is 0 Å². The lowest BCUT2D eigenvalue weighted by Crippen LogP contribution is -2.41. The fraction of sp³-hybridized carbons (Fsp3) is 0.167. The fourth-order valence-electron chi connectivity index (χ4n) is 3.58. The first-order valence-corrected chi connectivity index (χ1v) is 12.4. The normalized spacial score (nSPS) is 16.6.